The molecule has 0 aliphatic rings. The first-order chi connectivity index (χ1) is 19.2. The van der Waals surface area contributed by atoms with E-state index in [0.717, 1.165) is 43.1 Å². The maximum Gasteiger partial charge on any atom is 0.146 e. The fourth-order valence-electron chi connectivity index (χ4n) is 5.00. The van der Waals surface area contributed by atoms with E-state index in [4.69, 9.17) is 0 Å². The highest BCUT2D eigenvalue weighted by molar-refractivity contribution is 5.85. The first kappa shape index (κ1) is 28.4. The molecule has 0 N–H and O–H groups in total. The van der Waals surface area contributed by atoms with Gasteiger partial charge in [-0.2, -0.15) is 0 Å². The highest BCUT2D eigenvalue weighted by atomic mass is 19.1. The molecule has 0 heterocycles. The average Bonchev–Trinajstić information content (AvgIpc) is 2.97. The van der Waals surface area contributed by atoms with Crippen LogP contribution in [0.2, 0.25) is 0 Å². The Morgan fingerprint density at radius 1 is 0.641 bits per heavy atom. The Morgan fingerprint density at radius 2 is 1.28 bits per heavy atom. The number of fused-ring (bicyclic) bond motifs is 1. The van der Waals surface area contributed by atoms with Crippen molar-refractivity contribution in [3.05, 3.63) is 130 Å². The zero-order valence-corrected chi connectivity index (χ0v) is 23.6. The van der Waals surface area contributed by atoms with Crippen LogP contribution in [0.5, 0.6) is 0 Å². The first-order valence-electron chi connectivity index (χ1n) is 14.7. The Morgan fingerprint density at radius 3 is 1.97 bits per heavy atom. The van der Waals surface area contributed by atoms with Gasteiger partial charge in [0.2, 0.25) is 0 Å². The topological polar surface area (TPSA) is 0 Å². The van der Waals surface area contributed by atoms with Crippen LogP contribution in [0.4, 0.5) is 4.39 Å². The molecular weight excluding hydrogens is 475 g/mol. The fourth-order valence-corrected chi connectivity index (χ4v) is 5.00. The van der Waals surface area contributed by atoms with Gasteiger partial charge < -0.3 is 0 Å². The summed E-state index contributed by atoms with van der Waals surface area (Å²) in [6.45, 7) is 4.31. The van der Waals surface area contributed by atoms with E-state index in [1.54, 1.807) is 0 Å². The predicted octanol–water partition coefficient (Wildman–Crippen LogP) is 10.2. The number of allylic oxidation sites excluding steroid dienone is 2. The van der Waals surface area contributed by atoms with Crippen LogP contribution in [0, 0.1) is 17.7 Å². The van der Waals surface area contributed by atoms with Gasteiger partial charge in [-0.3, -0.25) is 0 Å². The summed E-state index contributed by atoms with van der Waals surface area (Å²) in [5, 5.41) is 1.61. The van der Waals surface area contributed by atoms with Crippen LogP contribution in [0.25, 0.3) is 10.8 Å². The van der Waals surface area contributed by atoms with E-state index in [2.05, 4.69) is 86.4 Å². The van der Waals surface area contributed by atoms with E-state index in [9.17, 15) is 0 Å². The van der Waals surface area contributed by atoms with Crippen LogP contribution in [0.3, 0.4) is 0 Å². The molecule has 0 radical (unpaired) electrons. The normalized spacial score (nSPS) is 11.2. The standard InChI is InChI=1S/C38H41F/c1-3-5-7-8-10-12-34-24-28-37-36(29-34)27-26-35(38(37)39)25-23-33-21-19-32(20-22-33)18-17-31-15-13-30(14-16-31)11-9-6-4-2/h4,6,13-16,19-22,24,26-29H,3,5,7-12,17-18H2,1-2H3/b6-4+. The van der Waals surface area contributed by atoms with Crippen molar-refractivity contribution < 1.29 is 4.39 Å². The monoisotopic (exact) mass is 516 g/mol. The number of rotatable bonds is 12. The average molecular weight is 517 g/mol. The van der Waals surface area contributed by atoms with Gasteiger partial charge >= 0.3 is 0 Å². The Hall–Kier alpha value is -3.63. The van der Waals surface area contributed by atoms with Gasteiger partial charge in [0.1, 0.15) is 5.82 Å². The molecule has 4 aromatic rings. The summed E-state index contributed by atoms with van der Waals surface area (Å²) < 4.78 is 15.2. The molecule has 0 saturated carbocycles. The van der Waals surface area contributed by atoms with E-state index in [0.29, 0.717) is 10.9 Å². The van der Waals surface area contributed by atoms with Gasteiger partial charge in [0.05, 0.1) is 5.56 Å². The zero-order valence-electron chi connectivity index (χ0n) is 23.6. The van der Waals surface area contributed by atoms with Crippen molar-refractivity contribution in [2.45, 2.75) is 78.1 Å². The van der Waals surface area contributed by atoms with Crippen LogP contribution < -0.4 is 0 Å². The van der Waals surface area contributed by atoms with Crippen molar-refractivity contribution in [1.29, 1.82) is 0 Å². The molecule has 39 heavy (non-hydrogen) atoms. The lowest BCUT2D eigenvalue weighted by Crippen LogP contribution is -1.93. The van der Waals surface area contributed by atoms with Crippen molar-refractivity contribution in [2.24, 2.45) is 0 Å². The van der Waals surface area contributed by atoms with Gasteiger partial charge in [0.15, 0.2) is 0 Å². The van der Waals surface area contributed by atoms with Gasteiger partial charge in [-0.05, 0) is 91.3 Å². The Bertz CT molecular complexity index is 1410. The summed E-state index contributed by atoms with van der Waals surface area (Å²) in [5.41, 5.74) is 6.68. The third-order valence-corrected chi connectivity index (χ3v) is 7.44. The van der Waals surface area contributed by atoms with Crippen LogP contribution in [0.15, 0.2) is 91.0 Å². The van der Waals surface area contributed by atoms with E-state index >= 15 is 4.39 Å². The lowest BCUT2D eigenvalue weighted by atomic mass is 10.00. The van der Waals surface area contributed by atoms with Crippen LogP contribution in [-0.4, -0.2) is 0 Å². The summed E-state index contributed by atoms with van der Waals surface area (Å²) in [7, 11) is 0. The SMILES string of the molecule is C/C=C/CCc1ccc(CCc2ccc(C#Cc3ccc4cc(CCCCCCC)ccc4c3F)cc2)cc1. The minimum absolute atomic E-state index is 0.223. The summed E-state index contributed by atoms with van der Waals surface area (Å²) in [6.07, 6.45) is 15.9. The summed E-state index contributed by atoms with van der Waals surface area (Å²) in [5.74, 6) is 5.99. The molecule has 0 aliphatic heterocycles. The third kappa shape index (κ3) is 8.69. The fraction of sp³-hybridized carbons (Fsp3) is 0.316. The summed E-state index contributed by atoms with van der Waals surface area (Å²) >= 11 is 0. The van der Waals surface area contributed by atoms with Gasteiger partial charge in [0, 0.05) is 10.9 Å². The smallest absolute Gasteiger partial charge is 0.146 e. The highest BCUT2D eigenvalue weighted by Gasteiger charge is 2.07. The molecule has 0 amide bonds. The van der Waals surface area contributed by atoms with Crippen molar-refractivity contribution in [3.8, 4) is 11.8 Å². The summed E-state index contributed by atoms with van der Waals surface area (Å²) in [6, 6.07) is 27.3. The molecule has 4 rings (SSSR count). The minimum atomic E-state index is -0.223. The quantitative estimate of drug-likeness (QED) is 0.0998. The molecule has 0 bridgehead atoms. The number of halogens is 1. The second-order valence-corrected chi connectivity index (χ2v) is 10.5. The molecule has 200 valence electrons. The minimum Gasteiger partial charge on any atom is -0.205 e. The number of hydrogen-bond acceptors (Lipinski definition) is 0. The number of hydrogen-bond donors (Lipinski definition) is 0. The van der Waals surface area contributed by atoms with Crippen LogP contribution in [-0.2, 0) is 25.7 Å². The molecule has 0 spiro atoms. The van der Waals surface area contributed by atoms with Crippen LogP contribution in [0.1, 0.15) is 85.8 Å². The second-order valence-electron chi connectivity index (χ2n) is 10.5. The zero-order chi connectivity index (χ0) is 27.3. The Balaban J connectivity index is 1.33. The van der Waals surface area contributed by atoms with Crippen molar-refractivity contribution in [3.63, 3.8) is 0 Å². The molecule has 0 aliphatic carbocycles. The van der Waals surface area contributed by atoms with E-state index in [1.165, 1.54) is 54.4 Å². The largest absolute Gasteiger partial charge is 0.205 e. The first-order valence-corrected chi connectivity index (χ1v) is 14.7. The molecule has 0 fully saturated rings. The number of unbranched alkanes of at least 4 members (excludes halogenated alkanes) is 4. The van der Waals surface area contributed by atoms with E-state index in [1.807, 2.05) is 30.3 Å². The molecule has 0 nitrogen and oxygen atoms in total. The molecule has 0 atom stereocenters. The molecule has 1 heteroatoms. The molecule has 0 unspecified atom stereocenters. The maximum absolute atomic E-state index is 15.2. The number of aryl methyl sites for hydroxylation is 4. The van der Waals surface area contributed by atoms with Gasteiger partial charge in [-0.1, -0.05) is 117 Å². The van der Waals surface area contributed by atoms with Gasteiger partial charge in [0.25, 0.3) is 0 Å². The van der Waals surface area contributed by atoms with Gasteiger partial charge in [-0.15, -0.1) is 0 Å². The maximum atomic E-state index is 15.2. The third-order valence-electron chi connectivity index (χ3n) is 7.44. The Labute approximate surface area is 235 Å². The highest BCUT2D eigenvalue weighted by Crippen LogP contribution is 2.23. The van der Waals surface area contributed by atoms with E-state index < -0.39 is 0 Å². The van der Waals surface area contributed by atoms with Gasteiger partial charge in [-0.25, -0.2) is 4.39 Å². The predicted molar refractivity (Wildman–Crippen MR) is 166 cm³/mol. The molecule has 0 saturated heterocycles. The second kappa shape index (κ2) is 15.1. The summed E-state index contributed by atoms with van der Waals surface area (Å²) in [4.78, 5) is 0. The molecule has 4 aromatic carbocycles. The van der Waals surface area contributed by atoms with E-state index in [-0.39, 0.29) is 5.82 Å². The molecular formula is C38H41F. The van der Waals surface area contributed by atoms with Crippen LogP contribution >= 0.6 is 0 Å². The number of benzene rings is 4. The van der Waals surface area contributed by atoms with Crippen molar-refractivity contribution in [1.82, 2.24) is 0 Å². The van der Waals surface area contributed by atoms with Crippen molar-refractivity contribution in [2.75, 3.05) is 0 Å². The molecule has 0 aromatic heterocycles. The Kier molecular flexibility index (Phi) is 11.0. The lowest BCUT2D eigenvalue weighted by molar-refractivity contribution is 0.631. The lowest BCUT2D eigenvalue weighted by Gasteiger charge is -2.06. The van der Waals surface area contributed by atoms with Crippen molar-refractivity contribution >= 4 is 10.8 Å².